The number of benzene rings is 1. The molecule has 1 aromatic carbocycles. The van der Waals surface area contributed by atoms with Crippen LogP contribution in [-0.4, -0.2) is 30.4 Å². The van der Waals surface area contributed by atoms with Crippen LogP contribution in [0.5, 0.6) is 0 Å². The van der Waals surface area contributed by atoms with E-state index in [1.165, 1.54) is 12.1 Å². The van der Waals surface area contributed by atoms with Gasteiger partial charge in [0.25, 0.3) is 0 Å². The van der Waals surface area contributed by atoms with Crippen LogP contribution in [0, 0.1) is 17.6 Å². The van der Waals surface area contributed by atoms with Crippen LogP contribution in [-0.2, 0) is 11.2 Å². The van der Waals surface area contributed by atoms with E-state index in [1.54, 1.807) is 0 Å². The fraction of sp³-hybridized carbons (Fsp3) is 0.588. The minimum atomic E-state index is -0.301. The predicted octanol–water partition coefficient (Wildman–Crippen LogP) is 2.80. The van der Waals surface area contributed by atoms with Gasteiger partial charge in [-0.1, -0.05) is 0 Å². The fourth-order valence-electron chi connectivity index (χ4n) is 3.81. The van der Waals surface area contributed by atoms with Gasteiger partial charge in [0.15, 0.2) is 0 Å². The second-order valence-electron chi connectivity index (χ2n) is 6.18. The largest absolute Gasteiger partial charge is 0.356 e. The lowest BCUT2D eigenvalue weighted by molar-refractivity contribution is -0.126. The van der Waals surface area contributed by atoms with E-state index in [9.17, 15) is 13.6 Å². The van der Waals surface area contributed by atoms with Crippen molar-refractivity contribution in [2.45, 2.75) is 38.6 Å². The third-order valence-electron chi connectivity index (χ3n) is 4.94. The van der Waals surface area contributed by atoms with Crippen LogP contribution in [0.15, 0.2) is 12.1 Å². The standard InChI is InChI=1S/C17H22F2N2O/c1-2-20-17(22)11-7-9-21(10-8-11)15-6-3-12-13(18)4-5-14(19)16(12)15/h4-5,11,15H,2-3,6-10H2,1H3,(H,20,22)/t15-/m0/s1. The van der Waals surface area contributed by atoms with Crippen LogP contribution in [0.3, 0.4) is 0 Å². The molecule has 1 aliphatic carbocycles. The molecule has 1 aromatic rings. The molecule has 1 aliphatic heterocycles. The van der Waals surface area contributed by atoms with Gasteiger partial charge in [-0.2, -0.15) is 0 Å². The molecule has 3 nitrogen and oxygen atoms in total. The van der Waals surface area contributed by atoms with Gasteiger partial charge >= 0.3 is 0 Å². The maximum atomic E-state index is 14.1. The van der Waals surface area contributed by atoms with Crippen molar-refractivity contribution in [3.63, 3.8) is 0 Å². The Hall–Kier alpha value is -1.49. The molecule has 5 heteroatoms. The number of amides is 1. The lowest BCUT2D eigenvalue weighted by Crippen LogP contribution is -2.41. The zero-order chi connectivity index (χ0) is 15.7. The smallest absolute Gasteiger partial charge is 0.223 e. The van der Waals surface area contributed by atoms with E-state index in [0.29, 0.717) is 24.1 Å². The van der Waals surface area contributed by atoms with Crippen LogP contribution >= 0.6 is 0 Å². The Kier molecular flexibility index (Phi) is 4.43. The van der Waals surface area contributed by atoms with Crippen molar-refractivity contribution < 1.29 is 13.6 Å². The number of likely N-dealkylation sites (tertiary alicyclic amines) is 1. The van der Waals surface area contributed by atoms with Gasteiger partial charge in [0.1, 0.15) is 11.6 Å². The molecule has 1 heterocycles. The Labute approximate surface area is 129 Å². The third kappa shape index (κ3) is 2.74. The lowest BCUT2D eigenvalue weighted by Gasteiger charge is -2.36. The van der Waals surface area contributed by atoms with E-state index in [-0.39, 0.29) is 29.5 Å². The van der Waals surface area contributed by atoms with Gasteiger partial charge in [-0.3, -0.25) is 9.69 Å². The highest BCUT2D eigenvalue weighted by atomic mass is 19.1. The number of rotatable bonds is 3. The topological polar surface area (TPSA) is 32.3 Å². The molecule has 1 saturated heterocycles. The van der Waals surface area contributed by atoms with Crippen LogP contribution in [0.2, 0.25) is 0 Å². The Morgan fingerprint density at radius 3 is 2.59 bits per heavy atom. The second kappa shape index (κ2) is 6.32. The molecule has 22 heavy (non-hydrogen) atoms. The van der Waals surface area contributed by atoms with Gasteiger partial charge in [0, 0.05) is 24.1 Å². The van der Waals surface area contributed by atoms with E-state index in [0.717, 1.165) is 32.4 Å². The second-order valence-corrected chi connectivity index (χ2v) is 6.18. The van der Waals surface area contributed by atoms with Crippen molar-refractivity contribution in [1.29, 1.82) is 0 Å². The minimum absolute atomic E-state index is 0.0408. The number of nitrogens with zero attached hydrogens (tertiary/aromatic N) is 1. The highest BCUT2D eigenvalue weighted by Crippen LogP contribution is 2.40. The van der Waals surface area contributed by atoms with Crippen molar-refractivity contribution in [2.24, 2.45) is 5.92 Å². The molecular formula is C17H22F2N2O. The van der Waals surface area contributed by atoms with Crippen LogP contribution in [0.1, 0.15) is 43.4 Å². The Morgan fingerprint density at radius 2 is 1.91 bits per heavy atom. The molecule has 0 unspecified atom stereocenters. The number of carbonyl (C=O) groups is 1. The van der Waals surface area contributed by atoms with E-state index in [2.05, 4.69) is 10.2 Å². The normalized spacial score (nSPS) is 22.6. The first-order valence-electron chi connectivity index (χ1n) is 8.10. The molecule has 1 atom stereocenters. The summed E-state index contributed by atoms with van der Waals surface area (Å²) in [6.45, 7) is 4.10. The first kappa shape index (κ1) is 15.4. The monoisotopic (exact) mass is 308 g/mol. The van der Waals surface area contributed by atoms with Crippen LogP contribution in [0.4, 0.5) is 8.78 Å². The van der Waals surface area contributed by atoms with E-state index in [1.807, 2.05) is 6.92 Å². The summed E-state index contributed by atoms with van der Waals surface area (Å²) in [6.07, 6.45) is 2.93. The van der Waals surface area contributed by atoms with Crippen molar-refractivity contribution >= 4 is 5.91 Å². The summed E-state index contributed by atoms with van der Waals surface area (Å²) < 4.78 is 27.9. The molecule has 120 valence electrons. The Morgan fingerprint density at radius 1 is 1.23 bits per heavy atom. The van der Waals surface area contributed by atoms with E-state index < -0.39 is 0 Å². The maximum Gasteiger partial charge on any atom is 0.223 e. The highest BCUT2D eigenvalue weighted by Gasteiger charge is 2.35. The number of hydrogen-bond donors (Lipinski definition) is 1. The van der Waals surface area contributed by atoms with Crippen LogP contribution < -0.4 is 5.32 Å². The lowest BCUT2D eigenvalue weighted by atomic mass is 9.93. The first-order chi connectivity index (χ1) is 10.6. The quantitative estimate of drug-likeness (QED) is 0.931. The Balaban J connectivity index is 1.70. The van der Waals surface area contributed by atoms with Crippen molar-refractivity contribution in [2.75, 3.05) is 19.6 Å². The average molecular weight is 308 g/mol. The summed E-state index contributed by atoms with van der Waals surface area (Å²) in [5.74, 6) is -0.429. The number of piperidine rings is 1. The summed E-state index contributed by atoms with van der Waals surface area (Å²) in [6, 6.07) is 2.41. The molecule has 0 spiro atoms. The summed E-state index contributed by atoms with van der Waals surface area (Å²) in [5.41, 5.74) is 1.08. The van der Waals surface area contributed by atoms with Gasteiger partial charge < -0.3 is 5.32 Å². The van der Waals surface area contributed by atoms with E-state index >= 15 is 0 Å². The number of fused-ring (bicyclic) bond motifs is 1. The Bertz CT molecular complexity index is 568. The van der Waals surface area contributed by atoms with Gasteiger partial charge in [-0.15, -0.1) is 0 Å². The number of hydrogen-bond acceptors (Lipinski definition) is 2. The summed E-state index contributed by atoms with van der Waals surface area (Å²) in [5, 5.41) is 2.86. The minimum Gasteiger partial charge on any atom is -0.356 e. The summed E-state index contributed by atoms with van der Waals surface area (Å²) in [7, 11) is 0. The molecule has 0 saturated carbocycles. The van der Waals surface area contributed by atoms with Gasteiger partial charge in [-0.25, -0.2) is 8.78 Å². The highest BCUT2D eigenvalue weighted by molar-refractivity contribution is 5.78. The molecule has 0 radical (unpaired) electrons. The zero-order valence-corrected chi connectivity index (χ0v) is 12.9. The van der Waals surface area contributed by atoms with Crippen molar-refractivity contribution in [3.05, 3.63) is 34.9 Å². The summed E-state index contributed by atoms with van der Waals surface area (Å²) >= 11 is 0. The molecule has 3 rings (SSSR count). The number of carbonyl (C=O) groups excluding carboxylic acids is 1. The maximum absolute atomic E-state index is 14.1. The molecule has 0 aromatic heterocycles. The average Bonchev–Trinajstić information content (AvgIpc) is 2.98. The summed E-state index contributed by atoms with van der Waals surface area (Å²) in [4.78, 5) is 14.1. The molecule has 1 N–H and O–H groups in total. The molecule has 0 bridgehead atoms. The van der Waals surface area contributed by atoms with Gasteiger partial charge in [-0.05, 0) is 63.4 Å². The van der Waals surface area contributed by atoms with Crippen molar-refractivity contribution in [1.82, 2.24) is 10.2 Å². The molecule has 2 aliphatic rings. The SMILES string of the molecule is CCNC(=O)C1CCN([C@H]2CCc3c(F)ccc(F)c32)CC1. The predicted molar refractivity (Wildman–Crippen MR) is 80.4 cm³/mol. The number of halogens is 2. The van der Waals surface area contributed by atoms with Crippen LogP contribution in [0.25, 0.3) is 0 Å². The van der Waals surface area contributed by atoms with Gasteiger partial charge in [0.2, 0.25) is 5.91 Å². The zero-order valence-electron chi connectivity index (χ0n) is 12.9. The van der Waals surface area contributed by atoms with Crippen molar-refractivity contribution in [3.8, 4) is 0 Å². The number of nitrogens with one attached hydrogen (secondary N) is 1. The third-order valence-corrected chi connectivity index (χ3v) is 4.94. The van der Waals surface area contributed by atoms with E-state index in [4.69, 9.17) is 0 Å². The molecule has 1 fully saturated rings. The fourth-order valence-corrected chi connectivity index (χ4v) is 3.81. The van der Waals surface area contributed by atoms with Gasteiger partial charge in [0.05, 0.1) is 0 Å². The first-order valence-corrected chi connectivity index (χ1v) is 8.10. The molecular weight excluding hydrogens is 286 g/mol. The molecule has 1 amide bonds.